The molecule has 0 heterocycles. The van der Waals surface area contributed by atoms with E-state index >= 15 is 0 Å². The molecule has 3 nitrogen and oxygen atoms in total. The predicted octanol–water partition coefficient (Wildman–Crippen LogP) is 2.92. The lowest BCUT2D eigenvalue weighted by Crippen LogP contribution is -2.44. The minimum atomic E-state index is -4.46. The maximum atomic E-state index is 12.9. The van der Waals surface area contributed by atoms with Crippen LogP contribution in [0.15, 0.2) is 24.3 Å². The molecular weight excluding hydrogens is 295 g/mol. The first kappa shape index (κ1) is 16.8. The number of nitrogens with one attached hydrogen (secondary N) is 1. The molecule has 0 aromatic heterocycles. The number of aliphatic hydroxyl groups excluding tert-OH is 1. The molecule has 0 aliphatic heterocycles. The molecule has 2 rings (SSSR count). The normalized spacial score (nSPS) is 22.4. The second kappa shape index (κ2) is 7.13. The number of carbonyl (C=O) groups is 1. The van der Waals surface area contributed by atoms with Crippen LogP contribution in [0, 0.1) is 5.92 Å². The van der Waals surface area contributed by atoms with Crippen LogP contribution in [-0.2, 0) is 17.4 Å². The molecule has 0 saturated heterocycles. The van der Waals surface area contributed by atoms with Crippen molar-refractivity contribution < 1.29 is 23.1 Å². The monoisotopic (exact) mass is 315 g/mol. The first-order valence-electron chi connectivity index (χ1n) is 7.47. The van der Waals surface area contributed by atoms with Gasteiger partial charge in [-0.25, -0.2) is 0 Å². The highest BCUT2D eigenvalue weighted by molar-refractivity contribution is 5.79. The van der Waals surface area contributed by atoms with Crippen LogP contribution in [0.5, 0.6) is 0 Å². The van der Waals surface area contributed by atoms with Crippen molar-refractivity contribution in [2.45, 2.75) is 44.3 Å². The lowest BCUT2D eigenvalue weighted by Gasteiger charge is -2.31. The Bertz CT molecular complexity index is 516. The number of hydrogen-bond acceptors (Lipinski definition) is 2. The van der Waals surface area contributed by atoms with E-state index in [2.05, 4.69) is 5.32 Å². The van der Waals surface area contributed by atoms with Crippen LogP contribution in [0.3, 0.4) is 0 Å². The topological polar surface area (TPSA) is 49.3 Å². The molecule has 1 aliphatic carbocycles. The van der Waals surface area contributed by atoms with Crippen LogP contribution >= 0.6 is 0 Å². The number of hydrogen-bond donors (Lipinski definition) is 2. The smallest absolute Gasteiger partial charge is 0.396 e. The van der Waals surface area contributed by atoms with Gasteiger partial charge in [0.1, 0.15) is 0 Å². The molecule has 1 amide bonds. The van der Waals surface area contributed by atoms with Crippen molar-refractivity contribution in [3.63, 3.8) is 0 Å². The molecule has 1 aliphatic rings. The minimum Gasteiger partial charge on any atom is -0.396 e. The Balaban J connectivity index is 2.03. The third-order valence-electron chi connectivity index (χ3n) is 4.16. The van der Waals surface area contributed by atoms with Crippen molar-refractivity contribution >= 4 is 5.91 Å². The Morgan fingerprint density at radius 3 is 2.59 bits per heavy atom. The Hall–Kier alpha value is -1.56. The number of benzene rings is 1. The Morgan fingerprint density at radius 2 is 1.91 bits per heavy atom. The number of halogens is 3. The van der Waals surface area contributed by atoms with Crippen molar-refractivity contribution in [2.24, 2.45) is 5.92 Å². The fourth-order valence-electron chi connectivity index (χ4n) is 3.00. The third-order valence-corrected chi connectivity index (χ3v) is 4.16. The lowest BCUT2D eigenvalue weighted by atomic mass is 9.85. The summed E-state index contributed by atoms with van der Waals surface area (Å²) in [5.41, 5.74) is -0.795. The molecule has 122 valence electrons. The van der Waals surface area contributed by atoms with Gasteiger partial charge in [0, 0.05) is 18.6 Å². The molecule has 0 bridgehead atoms. The standard InChI is InChI=1S/C16H20F3NO2/c17-16(18,19)13-7-3-1-5-11(13)9-15(22)20-14-8-4-2-6-12(14)10-21/h1,3,5,7,12,14,21H,2,4,6,8-10H2,(H,20,22). The van der Waals surface area contributed by atoms with E-state index in [1.165, 1.54) is 18.2 Å². The molecule has 0 spiro atoms. The van der Waals surface area contributed by atoms with Gasteiger partial charge in [-0.05, 0) is 24.5 Å². The van der Waals surface area contributed by atoms with Crippen LogP contribution in [0.25, 0.3) is 0 Å². The van der Waals surface area contributed by atoms with E-state index in [9.17, 15) is 23.1 Å². The van der Waals surface area contributed by atoms with Crippen molar-refractivity contribution in [2.75, 3.05) is 6.61 Å². The van der Waals surface area contributed by atoms with Crippen LogP contribution in [0.2, 0.25) is 0 Å². The van der Waals surface area contributed by atoms with E-state index in [1.807, 2.05) is 0 Å². The van der Waals surface area contributed by atoms with Gasteiger partial charge in [-0.15, -0.1) is 0 Å². The molecule has 1 fully saturated rings. The highest BCUT2D eigenvalue weighted by atomic mass is 19.4. The molecule has 2 atom stereocenters. The van der Waals surface area contributed by atoms with Crippen LogP contribution in [0.4, 0.5) is 13.2 Å². The summed E-state index contributed by atoms with van der Waals surface area (Å²) in [4.78, 5) is 12.1. The first-order valence-corrected chi connectivity index (χ1v) is 7.47. The first-order chi connectivity index (χ1) is 10.4. The Morgan fingerprint density at radius 1 is 1.23 bits per heavy atom. The highest BCUT2D eigenvalue weighted by Crippen LogP contribution is 2.32. The van der Waals surface area contributed by atoms with E-state index in [4.69, 9.17) is 0 Å². The summed E-state index contributed by atoms with van der Waals surface area (Å²) in [5, 5.41) is 12.1. The maximum absolute atomic E-state index is 12.9. The van der Waals surface area contributed by atoms with Gasteiger partial charge in [-0.1, -0.05) is 31.0 Å². The van der Waals surface area contributed by atoms with Gasteiger partial charge in [0.05, 0.1) is 12.0 Å². The van der Waals surface area contributed by atoms with Gasteiger partial charge in [-0.3, -0.25) is 4.79 Å². The molecule has 0 radical (unpaired) electrons. The summed E-state index contributed by atoms with van der Waals surface area (Å²) in [6.45, 7) is -0.00984. The predicted molar refractivity (Wildman–Crippen MR) is 76.1 cm³/mol. The fourth-order valence-corrected chi connectivity index (χ4v) is 3.00. The lowest BCUT2D eigenvalue weighted by molar-refractivity contribution is -0.138. The van der Waals surface area contributed by atoms with Crippen molar-refractivity contribution in [1.29, 1.82) is 0 Å². The van der Waals surface area contributed by atoms with E-state index in [-0.39, 0.29) is 30.6 Å². The number of carbonyl (C=O) groups excluding carboxylic acids is 1. The molecular formula is C16H20F3NO2. The summed E-state index contributed by atoms with van der Waals surface area (Å²) in [6.07, 6.45) is -1.20. The van der Waals surface area contributed by atoms with Gasteiger partial charge in [-0.2, -0.15) is 13.2 Å². The second-order valence-corrected chi connectivity index (χ2v) is 5.73. The number of alkyl halides is 3. The second-order valence-electron chi connectivity index (χ2n) is 5.73. The zero-order chi connectivity index (χ0) is 16.2. The zero-order valence-corrected chi connectivity index (χ0v) is 12.2. The van der Waals surface area contributed by atoms with Gasteiger partial charge in [0.15, 0.2) is 0 Å². The van der Waals surface area contributed by atoms with E-state index in [1.54, 1.807) is 0 Å². The van der Waals surface area contributed by atoms with Gasteiger partial charge in [0.2, 0.25) is 5.91 Å². The quantitative estimate of drug-likeness (QED) is 0.897. The molecule has 1 saturated carbocycles. The molecule has 2 unspecified atom stereocenters. The summed E-state index contributed by atoms with van der Waals surface area (Å²) < 4.78 is 38.7. The van der Waals surface area contributed by atoms with Crippen LogP contribution < -0.4 is 5.32 Å². The van der Waals surface area contributed by atoms with Gasteiger partial charge in [0.25, 0.3) is 0 Å². The zero-order valence-electron chi connectivity index (χ0n) is 12.2. The largest absolute Gasteiger partial charge is 0.416 e. The van der Waals surface area contributed by atoms with Gasteiger partial charge < -0.3 is 10.4 Å². The fraction of sp³-hybridized carbons (Fsp3) is 0.562. The SMILES string of the molecule is O=C(Cc1ccccc1C(F)(F)F)NC1CCCCC1CO. The number of rotatable bonds is 4. The minimum absolute atomic E-state index is 0.00411. The van der Waals surface area contributed by atoms with Crippen molar-refractivity contribution in [1.82, 2.24) is 5.32 Å². The van der Waals surface area contributed by atoms with E-state index in [0.29, 0.717) is 0 Å². The van der Waals surface area contributed by atoms with E-state index < -0.39 is 17.6 Å². The number of aliphatic hydroxyl groups is 1. The summed E-state index contributed by atoms with van der Waals surface area (Å²) in [6, 6.07) is 4.97. The van der Waals surface area contributed by atoms with Crippen molar-refractivity contribution in [3.05, 3.63) is 35.4 Å². The number of amides is 1. The Kier molecular flexibility index (Phi) is 5.45. The summed E-state index contributed by atoms with van der Waals surface area (Å²) in [7, 11) is 0. The molecule has 1 aromatic rings. The van der Waals surface area contributed by atoms with Crippen LogP contribution in [0.1, 0.15) is 36.8 Å². The average molecular weight is 315 g/mol. The Labute approximate surface area is 127 Å². The maximum Gasteiger partial charge on any atom is 0.416 e. The highest BCUT2D eigenvalue weighted by Gasteiger charge is 2.33. The molecule has 6 heteroatoms. The van der Waals surface area contributed by atoms with Crippen molar-refractivity contribution in [3.8, 4) is 0 Å². The summed E-state index contributed by atoms with van der Waals surface area (Å²) in [5.74, 6) is -0.433. The van der Waals surface area contributed by atoms with Crippen LogP contribution in [-0.4, -0.2) is 23.7 Å². The summed E-state index contributed by atoms with van der Waals surface area (Å²) >= 11 is 0. The van der Waals surface area contributed by atoms with Gasteiger partial charge >= 0.3 is 6.18 Å². The molecule has 22 heavy (non-hydrogen) atoms. The third kappa shape index (κ3) is 4.22. The molecule has 1 aromatic carbocycles. The molecule has 2 N–H and O–H groups in total. The van der Waals surface area contributed by atoms with E-state index in [0.717, 1.165) is 31.7 Å². The average Bonchev–Trinajstić information content (AvgIpc) is 2.47.